The van der Waals surface area contributed by atoms with Crippen molar-refractivity contribution in [1.82, 2.24) is 4.57 Å². The number of rotatable bonds is 3. The minimum atomic E-state index is -0.390. The second-order valence-corrected chi connectivity index (χ2v) is 16.6. The lowest BCUT2D eigenvalue weighted by Crippen LogP contribution is -2.41. The SMILES string of the molecule is CC1(C)OB(c2cccc(-c3cccc(-c4cc5c6c(c4)C4(CCCCC4)c4ccc7c8ccccc8n(c7c4-6)-c4ccccc4-5)c3)c2)OC1(C)C. The van der Waals surface area contributed by atoms with Gasteiger partial charge in [-0.2, -0.15) is 0 Å². The molecule has 1 saturated carbocycles. The van der Waals surface area contributed by atoms with Crippen LogP contribution in [0.1, 0.15) is 70.9 Å². The van der Waals surface area contributed by atoms with Gasteiger partial charge in [0.1, 0.15) is 0 Å². The van der Waals surface area contributed by atoms with E-state index in [4.69, 9.17) is 9.31 Å². The molecular formula is C48H42BNO2. The zero-order chi connectivity index (χ0) is 35.0. The molecule has 2 aliphatic carbocycles. The molecule has 4 heteroatoms. The van der Waals surface area contributed by atoms with Crippen LogP contribution in [-0.4, -0.2) is 22.9 Å². The summed E-state index contributed by atoms with van der Waals surface area (Å²) >= 11 is 0. The Hall–Kier alpha value is -4.90. The minimum absolute atomic E-state index is 0.0320. The Labute approximate surface area is 306 Å². The Bertz CT molecular complexity index is 2620. The van der Waals surface area contributed by atoms with Crippen LogP contribution in [0.3, 0.4) is 0 Å². The molecule has 11 rings (SSSR count). The molecule has 3 heterocycles. The van der Waals surface area contributed by atoms with Crippen LogP contribution in [0.2, 0.25) is 0 Å². The maximum absolute atomic E-state index is 6.44. The van der Waals surface area contributed by atoms with Crippen molar-refractivity contribution in [3.8, 4) is 50.2 Å². The topological polar surface area (TPSA) is 23.4 Å². The Balaban J connectivity index is 1.12. The van der Waals surface area contributed by atoms with Gasteiger partial charge in [-0.05, 0) is 121 Å². The van der Waals surface area contributed by atoms with Gasteiger partial charge in [0.25, 0.3) is 0 Å². The maximum Gasteiger partial charge on any atom is 0.494 e. The third-order valence-corrected chi connectivity index (χ3v) is 13.3. The van der Waals surface area contributed by atoms with E-state index in [9.17, 15) is 0 Å². The Kier molecular flexibility index (Phi) is 6.25. The summed E-state index contributed by atoms with van der Waals surface area (Å²) in [5.41, 5.74) is 17.8. The standard InChI is InChI=1S/C48H42BNO2/c1-46(2)47(3,4)52-49(51-46)34-17-13-16-32(27-34)30-14-12-15-31(26-30)33-28-38-36-19-7-9-21-42(36)50-41-20-8-6-18-35(41)37-22-23-39-44(45(37)50)43(38)40(29-33)48(39)24-10-5-11-25-48/h6-9,12-23,26-29H,5,10-11,24-25H2,1-4H3. The molecule has 0 N–H and O–H groups in total. The molecule has 2 aliphatic heterocycles. The van der Waals surface area contributed by atoms with Gasteiger partial charge < -0.3 is 13.9 Å². The predicted molar refractivity (Wildman–Crippen MR) is 216 cm³/mol. The molecule has 0 unspecified atom stereocenters. The molecule has 7 aromatic rings. The highest BCUT2D eigenvalue weighted by atomic mass is 16.7. The van der Waals surface area contributed by atoms with E-state index in [1.165, 1.54) is 110 Å². The lowest BCUT2D eigenvalue weighted by Gasteiger charge is -2.36. The normalized spacial score (nSPS) is 18.7. The molecule has 254 valence electrons. The van der Waals surface area contributed by atoms with Gasteiger partial charge in [-0.15, -0.1) is 0 Å². The first-order valence-corrected chi connectivity index (χ1v) is 19.2. The number of benzene rings is 6. The van der Waals surface area contributed by atoms with Gasteiger partial charge in [-0.1, -0.05) is 110 Å². The van der Waals surface area contributed by atoms with Gasteiger partial charge in [-0.25, -0.2) is 0 Å². The van der Waals surface area contributed by atoms with E-state index in [1.807, 2.05) is 0 Å². The van der Waals surface area contributed by atoms with E-state index >= 15 is 0 Å². The molecule has 1 saturated heterocycles. The van der Waals surface area contributed by atoms with Crippen LogP contribution in [0, 0.1) is 0 Å². The third-order valence-electron chi connectivity index (χ3n) is 13.3. The number of nitrogens with zero attached hydrogens (tertiary/aromatic N) is 1. The van der Waals surface area contributed by atoms with Crippen molar-refractivity contribution >= 4 is 34.4 Å². The molecule has 3 nitrogen and oxygen atoms in total. The van der Waals surface area contributed by atoms with Gasteiger partial charge in [0.15, 0.2) is 0 Å². The molecule has 6 aromatic carbocycles. The highest BCUT2D eigenvalue weighted by molar-refractivity contribution is 6.62. The van der Waals surface area contributed by atoms with E-state index in [0.717, 1.165) is 5.46 Å². The minimum Gasteiger partial charge on any atom is -0.399 e. The third kappa shape index (κ3) is 4.05. The molecule has 52 heavy (non-hydrogen) atoms. The van der Waals surface area contributed by atoms with Crippen LogP contribution in [0.5, 0.6) is 0 Å². The Morgan fingerprint density at radius 2 is 1.23 bits per heavy atom. The first kappa shape index (κ1) is 30.7. The number of fused-ring (bicyclic) bond motifs is 8. The summed E-state index contributed by atoms with van der Waals surface area (Å²) < 4.78 is 15.5. The Morgan fingerprint density at radius 1 is 0.538 bits per heavy atom. The van der Waals surface area contributed by atoms with E-state index in [-0.39, 0.29) is 23.7 Å². The average Bonchev–Trinajstić information content (AvgIpc) is 3.69. The highest BCUT2D eigenvalue weighted by Gasteiger charge is 2.52. The predicted octanol–water partition coefficient (Wildman–Crippen LogP) is 11.6. The van der Waals surface area contributed by atoms with E-state index in [2.05, 4.69) is 154 Å². The zero-order valence-electron chi connectivity index (χ0n) is 30.4. The first-order valence-electron chi connectivity index (χ1n) is 19.2. The summed E-state index contributed by atoms with van der Waals surface area (Å²) in [5, 5.41) is 2.69. The summed E-state index contributed by atoms with van der Waals surface area (Å²) in [7, 11) is -0.390. The smallest absolute Gasteiger partial charge is 0.399 e. The van der Waals surface area contributed by atoms with Crippen LogP contribution in [0.25, 0.3) is 72.0 Å². The van der Waals surface area contributed by atoms with Gasteiger partial charge in [0.05, 0.1) is 27.9 Å². The van der Waals surface area contributed by atoms with Crippen LogP contribution >= 0.6 is 0 Å². The van der Waals surface area contributed by atoms with Crippen molar-refractivity contribution in [2.75, 3.05) is 0 Å². The second kappa shape index (κ2) is 10.6. The summed E-state index contributed by atoms with van der Waals surface area (Å²) in [6.07, 6.45) is 6.26. The summed E-state index contributed by atoms with van der Waals surface area (Å²) in [6.45, 7) is 8.46. The quantitative estimate of drug-likeness (QED) is 0.174. The summed E-state index contributed by atoms with van der Waals surface area (Å²) in [5.74, 6) is 0. The molecule has 1 aromatic heterocycles. The summed E-state index contributed by atoms with van der Waals surface area (Å²) in [6, 6.07) is 45.9. The van der Waals surface area contributed by atoms with Crippen molar-refractivity contribution < 1.29 is 9.31 Å². The van der Waals surface area contributed by atoms with Crippen molar-refractivity contribution in [3.63, 3.8) is 0 Å². The molecule has 0 amide bonds. The molecule has 2 fully saturated rings. The van der Waals surface area contributed by atoms with Crippen LogP contribution in [-0.2, 0) is 14.7 Å². The maximum atomic E-state index is 6.44. The van der Waals surface area contributed by atoms with Crippen molar-refractivity contribution in [3.05, 3.63) is 132 Å². The fourth-order valence-corrected chi connectivity index (χ4v) is 10.1. The van der Waals surface area contributed by atoms with Gasteiger partial charge in [0, 0.05) is 27.3 Å². The molecule has 0 bridgehead atoms. The van der Waals surface area contributed by atoms with E-state index in [0.29, 0.717) is 0 Å². The fourth-order valence-electron chi connectivity index (χ4n) is 10.1. The first-order chi connectivity index (χ1) is 25.2. The lowest BCUT2D eigenvalue weighted by molar-refractivity contribution is 0.00578. The lowest BCUT2D eigenvalue weighted by atomic mass is 9.67. The largest absolute Gasteiger partial charge is 0.494 e. The monoisotopic (exact) mass is 675 g/mol. The number of hydrogen-bond acceptors (Lipinski definition) is 2. The molecule has 0 radical (unpaired) electrons. The molecular weight excluding hydrogens is 633 g/mol. The molecule has 0 atom stereocenters. The van der Waals surface area contributed by atoms with Crippen LogP contribution in [0.4, 0.5) is 0 Å². The average molecular weight is 676 g/mol. The van der Waals surface area contributed by atoms with E-state index in [1.54, 1.807) is 5.56 Å². The van der Waals surface area contributed by atoms with Crippen LogP contribution in [0.15, 0.2) is 121 Å². The van der Waals surface area contributed by atoms with Crippen molar-refractivity contribution in [1.29, 1.82) is 0 Å². The zero-order valence-corrected chi connectivity index (χ0v) is 30.4. The van der Waals surface area contributed by atoms with Gasteiger partial charge >= 0.3 is 7.12 Å². The van der Waals surface area contributed by atoms with Crippen LogP contribution < -0.4 is 5.46 Å². The van der Waals surface area contributed by atoms with Gasteiger partial charge in [0.2, 0.25) is 0 Å². The number of hydrogen-bond donors (Lipinski definition) is 0. The Morgan fingerprint density at radius 3 is 2.04 bits per heavy atom. The van der Waals surface area contributed by atoms with Crippen molar-refractivity contribution in [2.45, 2.75) is 76.4 Å². The number of para-hydroxylation sites is 2. The fraction of sp³-hybridized carbons (Fsp3) is 0.250. The summed E-state index contributed by atoms with van der Waals surface area (Å²) in [4.78, 5) is 0. The molecule has 1 spiro atoms. The highest BCUT2D eigenvalue weighted by Crippen LogP contribution is 2.62. The second-order valence-electron chi connectivity index (χ2n) is 16.6. The van der Waals surface area contributed by atoms with Crippen molar-refractivity contribution in [2.24, 2.45) is 0 Å². The molecule has 4 aliphatic rings. The number of aromatic nitrogens is 1. The van der Waals surface area contributed by atoms with Gasteiger partial charge in [-0.3, -0.25) is 0 Å². The van der Waals surface area contributed by atoms with E-state index < -0.39 is 0 Å².